The van der Waals surface area contributed by atoms with Gasteiger partial charge in [-0.25, -0.2) is 8.42 Å². The van der Waals surface area contributed by atoms with E-state index in [4.69, 9.17) is 4.74 Å². The molecule has 10 heteroatoms. The monoisotopic (exact) mass is 517 g/mol. The molecule has 0 fully saturated rings. The zero-order valence-corrected chi connectivity index (χ0v) is 22.3. The van der Waals surface area contributed by atoms with E-state index in [9.17, 15) is 22.8 Å². The summed E-state index contributed by atoms with van der Waals surface area (Å²) in [7, 11) is -2.33. The molecule has 2 aromatic rings. The summed E-state index contributed by atoms with van der Waals surface area (Å²) in [4.78, 5) is 39.6. The zero-order valence-electron chi connectivity index (χ0n) is 21.5. The van der Waals surface area contributed by atoms with Gasteiger partial charge in [0.15, 0.2) is 5.78 Å². The van der Waals surface area contributed by atoms with Crippen LogP contribution in [0.15, 0.2) is 48.5 Å². The first kappa shape index (κ1) is 28.8. The summed E-state index contributed by atoms with van der Waals surface area (Å²) in [6, 6.07) is 12.3. The van der Waals surface area contributed by atoms with Crippen molar-refractivity contribution in [1.82, 2.24) is 10.2 Å². The van der Waals surface area contributed by atoms with Gasteiger partial charge in [0, 0.05) is 18.7 Å². The van der Waals surface area contributed by atoms with Gasteiger partial charge in [-0.05, 0) is 50.1 Å². The zero-order chi connectivity index (χ0) is 26.9. The lowest BCUT2D eigenvalue weighted by Crippen LogP contribution is -2.51. The highest BCUT2D eigenvalue weighted by atomic mass is 32.2. The van der Waals surface area contributed by atoms with Crippen LogP contribution >= 0.6 is 0 Å². The molecular formula is C26H35N3O6S. The highest BCUT2D eigenvalue weighted by molar-refractivity contribution is 7.92. The molecule has 0 heterocycles. The minimum absolute atomic E-state index is 0.0935. The molecular weight excluding hydrogens is 482 g/mol. The Morgan fingerprint density at radius 2 is 1.75 bits per heavy atom. The van der Waals surface area contributed by atoms with Crippen molar-refractivity contribution in [3.8, 4) is 5.75 Å². The first-order valence-electron chi connectivity index (χ1n) is 11.8. The average Bonchev–Trinajstić information content (AvgIpc) is 2.85. The van der Waals surface area contributed by atoms with E-state index in [1.165, 1.54) is 24.0 Å². The number of methoxy groups -OCH3 is 1. The molecule has 1 N–H and O–H groups in total. The van der Waals surface area contributed by atoms with Crippen LogP contribution in [0.2, 0.25) is 0 Å². The molecule has 0 aliphatic rings. The van der Waals surface area contributed by atoms with Gasteiger partial charge in [0.05, 0.1) is 19.1 Å². The number of ether oxygens (including phenoxy) is 1. The smallest absolute Gasteiger partial charge is 0.244 e. The van der Waals surface area contributed by atoms with Crippen LogP contribution in [0, 0.1) is 0 Å². The van der Waals surface area contributed by atoms with Crippen LogP contribution in [0.1, 0.15) is 49.5 Å². The molecule has 0 saturated heterocycles. The highest BCUT2D eigenvalue weighted by Crippen LogP contribution is 2.21. The van der Waals surface area contributed by atoms with Crippen LogP contribution in [-0.2, 0) is 26.2 Å². The van der Waals surface area contributed by atoms with Gasteiger partial charge >= 0.3 is 0 Å². The van der Waals surface area contributed by atoms with Crippen molar-refractivity contribution >= 4 is 33.3 Å². The fourth-order valence-electron chi connectivity index (χ4n) is 3.54. The Bertz CT molecular complexity index is 1160. The number of carbonyl (C=O) groups is 3. The van der Waals surface area contributed by atoms with Crippen LogP contribution in [0.4, 0.5) is 5.69 Å². The Morgan fingerprint density at radius 3 is 2.31 bits per heavy atom. The number of amides is 2. The van der Waals surface area contributed by atoms with Gasteiger partial charge in [-0.15, -0.1) is 0 Å². The summed E-state index contributed by atoms with van der Waals surface area (Å²) >= 11 is 0. The third kappa shape index (κ3) is 8.08. The summed E-state index contributed by atoms with van der Waals surface area (Å²) in [6.07, 6.45) is 2.71. The normalized spacial score (nSPS) is 11.9. The van der Waals surface area contributed by atoms with E-state index in [-0.39, 0.29) is 23.9 Å². The molecule has 1 atom stereocenters. The predicted octanol–water partition coefficient (Wildman–Crippen LogP) is 3.00. The summed E-state index contributed by atoms with van der Waals surface area (Å²) in [5.41, 5.74) is 1.28. The average molecular weight is 518 g/mol. The molecule has 2 rings (SSSR count). The van der Waals surface area contributed by atoms with Crippen molar-refractivity contribution in [2.24, 2.45) is 0 Å². The molecule has 0 radical (unpaired) electrons. The van der Waals surface area contributed by atoms with E-state index >= 15 is 0 Å². The van der Waals surface area contributed by atoms with E-state index in [0.29, 0.717) is 17.9 Å². The maximum Gasteiger partial charge on any atom is 0.244 e. The molecule has 0 bridgehead atoms. The second kappa shape index (κ2) is 13.1. The summed E-state index contributed by atoms with van der Waals surface area (Å²) in [6.45, 7) is 5.06. The molecule has 9 nitrogen and oxygen atoms in total. The third-order valence-corrected chi connectivity index (χ3v) is 6.87. The molecule has 196 valence electrons. The number of hydrogen-bond acceptors (Lipinski definition) is 6. The van der Waals surface area contributed by atoms with Crippen molar-refractivity contribution < 1.29 is 27.5 Å². The number of Topliss-reactive ketones (excluding diaryl/α,β-unsaturated/α-hetero) is 1. The molecule has 36 heavy (non-hydrogen) atoms. The van der Waals surface area contributed by atoms with Gasteiger partial charge in [-0.1, -0.05) is 37.6 Å². The summed E-state index contributed by atoms with van der Waals surface area (Å²) < 4.78 is 31.4. The van der Waals surface area contributed by atoms with Crippen molar-refractivity contribution in [1.29, 1.82) is 0 Å². The van der Waals surface area contributed by atoms with Crippen LogP contribution in [-0.4, -0.2) is 63.4 Å². The molecule has 0 saturated carbocycles. The number of carbonyl (C=O) groups excluding carboxylic acids is 3. The van der Waals surface area contributed by atoms with Gasteiger partial charge in [0.1, 0.15) is 18.3 Å². The predicted molar refractivity (Wildman–Crippen MR) is 140 cm³/mol. The second-order valence-electron chi connectivity index (χ2n) is 8.57. The van der Waals surface area contributed by atoms with Crippen molar-refractivity contribution in [3.63, 3.8) is 0 Å². The second-order valence-corrected chi connectivity index (χ2v) is 10.5. The maximum absolute atomic E-state index is 13.5. The Kier molecular flexibility index (Phi) is 10.5. The van der Waals surface area contributed by atoms with Gasteiger partial charge in [0.25, 0.3) is 0 Å². The fourth-order valence-corrected chi connectivity index (χ4v) is 4.38. The number of unbranched alkanes of at least 4 members (excludes halogenated alkanes) is 1. The molecule has 2 aromatic carbocycles. The van der Waals surface area contributed by atoms with E-state index in [2.05, 4.69) is 5.32 Å². The van der Waals surface area contributed by atoms with Crippen LogP contribution in [0.5, 0.6) is 5.75 Å². The Morgan fingerprint density at radius 1 is 1.08 bits per heavy atom. The van der Waals surface area contributed by atoms with Gasteiger partial charge in [0.2, 0.25) is 21.8 Å². The molecule has 1 unspecified atom stereocenters. The van der Waals surface area contributed by atoms with E-state index in [0.717, 1.165) is 29.0 Å². The first-order valence-corrected chi connectivity index (χ1v) is 13.6. The Hall–Kier alpha value is -3.40. The first-order chi connectivity index (χ1) is 17.0. The number of sulfonamides is 1. The van der Waals surface area contributed by atoms with Gasteiger partial charge < -0.3 is 15.0 Å². The minimum Gasteiger partial charge on any atom is -0.497 e. The fraction of sp³-hybridized carbons (Fsp3) is 0.423. The van der Waals surface area contributed by atoms with E-state index < -0.39 is 28.5 Å². The Balaban J connectivity index is 2.38. The number of nitrogens with one attached hydrogen (secondary N) is 1. The number of nitrogens with zero attached hydrogens (tertiary/aromatic N) is 2. The number of hydrogen-bond donors (Lipinski definition) is 1. The highest BCUT2D eigenvalue weighted by Gasteiger charge is 2.30. The number of anilines is 1. The van der Waals surface area contributed by atoms with Crippen LogP contribution in [0.3, 0.4) is 0 Å². The van der Waals surface area contributed by atoms with Crippen molar-refractivity contribution in [3.05, 3.63) is 59.7 Å². The van der Waals surface area contributed by atoms with Crippen LogP contribution < -0.4 is 14.4 Å². The minimum atomic E-state index is -3.88. The number of benzene rings is 2. The third-order valence-electron chi connectivity index (χ3n) is 5.73. The van der Waals surface area contributed by atoms with E-state index in [1.807, 2.05) is 6.92 Å². The summed E-state index contributed by atoms with van der Waals surface area (Å²) in [5, 5.41) is 2.84. The van der Waals surface area contributed by atoms with E-state index in [1.54, 1.807) is 50.4 Å². The summed E-state index contributed by atoms with van der Waals surface area (Å²) in [5.74, 6) is -0.455. The molecule has 0 aromatic heterocycles. The van der Waals surface area contributed by atoms with Crippen LogP contribution in [0.25, 0.3) is 0 Å². The molecule has 0 aliphatic heterocycles. The molecule has 0 aliphatic carbocycles. The quantitative estimate of drug-likeness (QED) is 0.323. The standard InChI is InChI=1S/C26H35N3O6S/c1-6-7-15-27-26(32)19(2)28(17-21-11-13-24(35-4)14-12-21)25(31)18-29(36(5,33)34)23-10-8-9-22(16-23)20(3)30/h8-14,16,19H,6-7,15,17-18H2,1-5H3,(H,27,32). The van der Waals surface area contributed by atoms with Crippen molar-refractivity contribution in [2.45, 2.75) is 46.2 Å². The molecule has 0 spiro atoms. The lowest BCUT2D eigenvalue weighted by atomic mass is 10.1. The lowest BCUT2D eigenvalue weighted by Gasteiger charge is -2.31. The van der Waals surface area contributed by atoms with Gasteiger partial charge in [-0.2, -0.15) is 0 Å². The number of ketones is 1. The van der Waals surface area contributed by atoms with Gasteiger partial charge in [-0.3, -0.25) is 18.7 Å². The maximum atomic E-state index is 13.5. The topological polar surface area (TPSA) is 113 Å². The lowest BCUT2D eigenvalue weighted by molar-refractivity contribution is -0.139. The Labute approximate surface area is 213 Å². The molecule has 2 amide bonds. The largest absolute Gasteiger partial charge is 0.497 e. The van der Waals surface area contributed by atoms with Crippen molar-refractivity contribution in [2.75, 3.05) is 30.8 Å². The SMILES string of the molecule is CCCCNC(=O)C(C)N(Cc1ccc(OC)cc1)C(=O)CN(c1cccc(C(C)=O)c1)S(C)(=O)=O. The number of rotatable bonds is 13.